The van der Waals surface area contributed by atoms with E-state index in [9.17, 15) is 9.59 Å². The highest BCUT2D eigenvalue weighted by molar-refractivity contribution is 5.95. The van der Waals surface area contributed by atoms with E-state index in [2.05, 4.69) is 25.8 Å². The van der Waals surface area contributed by atoms with Crippen LogP contribution < -0.4 is 5.56 Å². The van der Waals surface area contributed by atoms with Crippen molar-refractivity contribution in [1.82, 2.24) is 9.88 Å². The highest BCUT2D eigenvalue weighted by Crippen LogP contribution is 2.45. The number of aryl methyl sites for hydroxylation is 1. The Bertz CT molecular complexity index is 621. The van der Waals surface area contributed by atoms with Crippen molar-refractivity contribution in [2.24, 2.45) is 5.41 Å². The average molecular weight is 320 g/mol. The van der Waals surface area contributed by atoms with E-state index in [1.807, 2.05) is 7.05 Å². The Kier molecular flexibility index (Phi) is 5.30. The number of nitrogens with one attached hydrogen (secondary N) is 1. The Morgan fingerprint density at radius 1 is 1.48 bits per heavy atom. The molecule has 0 radical (unpaired) electrons. The molecule has 2 atom stereocenters. The molecule has 1 aliphatic rings. The lowest BCUT2D eigenvalue weighted by molar-refractivity contribution is -0.140. The van der Waals surface area contributed by atoms with Crippen molar-refractivity contribution < 1.29 is 9.53 Å². The number of unbranched alkanes of at least 4 members (excludes halogenated alkanes) is 1. The molecule has 1 amide bonds. The van der Waals surface area contributed by atoms with E-state index >= 15 is 0 Å². The number of aromatic amines is 1. The van der Waals surface area contributed by atoms with Gasteiger partial charge in [-0.2, -0.15) is 0 Å². The molecule has 5 heteroatoms. The van der Waals surface area contributed by atoms with Crippen LogP contribution in [-0.2, 0) is 4.74 Å². The van der Waals surface area contributed by atoms with E-state index in [0.717, 1.165) is 25.9 Å². The van der Waals surface area contributed by atoms with Crippen LogP contribution in [0.15, 0.2) is 17.1 Å². The van der Waals surface area contributed by atoms with Gasteiger partial charge in [-0.05, 0) is 25.3 Å². The maximum absolute atomic E-state index is 12.7. The smallest absolute Gasteiger partial charge is 0.255 e. The van der Waals surface area contributed by atoms with Crippen molar-refractivity contribution in [2.45, 2.75) is 59.1 Å². The third kappa shape index (κ3) is 3.50. The number of carbonyl (C=O) groups excluding carboxylic acids is 1. The number of hydrogen-bond donors (Lipinski definition) is 1. The molecule has 0 saturated heterocycles. The van der Waals surface area contributed by atoms with E-state index in [0.29, 0.717) is 11.1 Å². The fourth-order valence-corrected chi connectivity index (χ4v) is 3.31. The second-order valence-corrected chi connectivity index (χ2v) is 7.10. The van der Waals surface area contributed by atoms with Gasteiger partial charge in [-0.1, -0.05) is 27.2 Å². The highest BCUT2D eigenvalue weighted by Gasteiger charge is 2.52. The number of aromatic nitrogens is 1. The summed E-state index contributed by atoms with van der Waals surface area (Å²) in [4.78, 5) is 28.4. The van der Waals surface area contributed by atoms with Gasteiger partial charge in [-0.25, -0.2) is 0 Å². The van der Waals surface area contributed by atoms with E-state index in [1.54, 1.807) is 11.8 Å². The van der Waals surface area contributed by atoms with Gasteiger partial charge in [0.25, 0.3) is 5.91 Å². The Balaban J connectivity index is 2.05. The molecule has 0 aromatic carbocycles. The summed E-state index contributed by atoms with van der Waals surface area (Å²) in [6.07, 6.45) is 4.77. The Morgan fingerprint density at radius 3 is 2.74 bits per heavy atom. The molecule has 23 heavy (non-hydrogen) atoms. The predicted molar refractivity (Wildman–Crippen MR) is 90.7 cm³/mol. The van der Waals surface area contributed by atoms with E-state index in [1.165, 1.54) is 12.3 Å². The summed E-state index contributed by atoms with van der Waals surface area (Å²) in [6.45, 7) is 9.03. The van der Waals surface area contributed by atoms with Crippen LogP contribution in [0, 0.1) is 12.3 Å². The fraction of sp³-hybridized carbons (Fsp3) is 0.667. The van der Waals surface area contributed by atoms with Crippen LogP contribution in [0.1, 0.15) is 56.0 Å². The zero-order valence-electron chi connectivity index (χ0n) is 14.8. The normalized spacial score (nSPS) is 22.5. The number of pyridine rings is 1. The minimum absolute atomic E-state index is 0.0520. The van der Waals surface area contributed by atoms with Gasteiger partial charge in [-0.15, -0.1) is 0 Å². The van der Waals surface area contributed by atoms with Crippen molar-refractivity contribution in [1.29, 1.82) is 0 Å². The van der Waals surface area contributed by atoms with Crippen LogP contribution in [0.2, 0.25) is 0 Å². The fourth-order valence-electron chi connectivity index (χ4n) is 3.31. The summed E-state index contributed by atoms with van der Waals surface area (Å²) in [5, 5.41) is 0. The first-order chi connectivity index (χ1) is 10.8. The van der Waals surface area contributed by atoms with Gasteiger partial charge >= 0.3 is 0 Å². The van der Waals surface area contributed by atoms with Gasteiger partial charge in [0.2, 0.25) is 5.56 Å². The summed E-state index contributed by atoms with van der Waals surface area (Å²) < 4.78 is 5.95. The maximum Gasteiger partial charge on any atom is 0.255 e. The molecule has 1 saturated carbocycles. The number of H-pyrrole nitrogens is 1. The van der Waals surface area contributed by atoms with E-state index in [4.69, 9.17) is 4.74 Å². The van der Waals surface area contributed by atoms with Crippen LogP contribution in [0.5, 0.6) is 0 Å². The molecule has 1 aliphatic carbocycles. The topological polar surface area (TPSA) is 62.4 Å². The molecule has 0 spiro atoms. The summed E-state index contributed by atoms with van der Waals surface area (Å²) >= 11 is 0. The molecular formula is C18H28N2O3. The summed E-state index contributed by atoms with van der Waals surface area (Å²) in [5.74, 6) is -0.0520. The number of hydrogen-bond acceptors (Lipinski definition) is 3. The van der Waals surface area contributed by atoms with Gasteiger partial charge in [0, 0.05) is 37.4 Å². The standard InChI is InChI=1S/C18H28N2O3/c1-6-7-8-23-15-10-14(18(15,3)4)20(5)17(22)13-11-19-16(21)9-12(13)2/h9,11,14-15H,6-8,10H2,1-5H3,(H,19,21)/t14-,15+/m1/s1. The first kappa shape index (κ1) is 17.7. The van der Waals surface area contributed by atoms with Crippen LogP contribution in [0.3, 0.4) is 0 Å². The SMILES string of the molecule is CCCCO[C@H]1C[C@@H](N(C)C(=O)c2c[nH]c(=O)cc2C)C1(C)C. The van der Waals surface area contributed by atoms with Gasteiger partial charge in [0.05, 0.1) is 11.7 Å². The zero-order chi connectivity index (χ0) is 17.2. The van der Waals surface area contributed by atoms with Crippen LogP contribution >= 0.6 is 0 Å². The lowest BCUT2D eigenvalue weighted by Gasteiger charge is -2.55. The van der Waals surface area contributed by atoms with E-state index < -0.39 is 0 Å². The van der Waals surface area contributed by atoms with Gasteiger partial charge in [0.1, 0.15) is 0 Å². The van der Waals surface area contributed by atoms with Gasteiger partial charge < -0.3 is 14.6 Å². The Hall–Kier alpha value is -1.62. The lowest BCUT2D eigenvalue weighted by Crippen LogP contribution is -2.62. The first-order valence-corrected chi connectivity index (χ1v) is 8.37. The molecular weight excluding hydrogens is 292 g/mol. The molecule has 5 nitrogen and oxygen atoms in total. The Labute approximate surface area is 138 Å². The van der Waals surface area contributed by atoms with Crippen molar-refractivity contribution in [3.63, 3.8) is 0 Å². The van der Waals surface area contributed by atoms with Crippen LogP contribution in [0.4, 0.5) is 0 Å². The van der Waals surface area contributed by atoms with Gasteiger partial charge in [-0.3, -0.25) is 9.59 Å². The Morgan fingerprint density at radius 2 is 2.17 bits per heavy atom. The van der Waals surface area contributed by atoms with Crippen molar-refractivity contribution in [3.8, 4) is 0 Å². The number of rotatable bonds is 6. The number of ether oxygens (including phenoxy) is 1. The molecule has 0 bridgehead atoms. The highest BCUT2D eigenvalue weighted by atomic mass is 16.5. The zero-order valence-corrected chi connectivity index (χ0v) is 14.8. The third-order valence-electron chi connectivity index (χ3n) is 5.09. The molecule has 2 rings (SSSR count). The summed E-state index contributed by atoms with van der Waals surface area (Å²) in [7, 11) is 1.83. The largest absolute Gasteiger partial charge is 0.378 e. The number of amides is 1. The van der Waals surface area contributed by atoms with Crippen LogP contribution in [0.25, 0.3) is 0 Å². The quantitative estimate of drug-likeness (QED) is 0.820. The first-order valence-electron chi connectivity index (χ1n) is 8.37. The minimum Gasteiger partial charge on any atom is -0.378 e. The molecule has 0 unspecified atom stereocenters. The third-order valence-corrected chi connectivity index (χ3v) is 5.09. The molecule has 128 valence electrons. The molecule has 1 aromatic heterocycles. The summed E-state index contributed by atoms with van der Waals surface area (Å²) in [5.41, 5.74) is 1.01. The minimum atomic E-state index is -0.185. The molecule has 0 aliphatic heterocycles. The maximum atomic E-state index is 12.7. The molecule has 1 aromatic rings. The van der Waals surface area contributed by atoms with Crippen molar-refractivity contribution in [3.05, 3.63) is 33.7 Å². The van der Waals surface area contributed by atoms with Crippen LogP contribution in [-0.4, -0.2) is 41.6 Å². The van der Waals surface area contributed by atoms with Crippen molar-refractivity contribution in [2.75, 3.05) is 13.7 Å². The predicted octanol–water partition coefficient (Wildman–Crippen LogP) is 2.74. The summed E-state index contributed by atoms with van der Waals surface area (Å²) in [6, 6.07) is 1.61. The number of nitrogens with zero attached hydrogens (tertiary/aromatic N) is 1. The second-order valence-electron chi connectivity index (χ2n) is 7.10. The monoisotopic (exact) mass is 320 g/mol. The average Bonchev–Trinajstić information content (AvgIpc) is 2.49. The molecule has 1 N–H and O–H groups in total. The molecule has 1 heterocycles. The second kappa shape index (κ2) is 6.87. The van der Waals surface area contributed by atoms with Crippen molar-refractivity contribution >= 4 is 5.91 Å². The van der Waals surface area contributed by atoms with E-state index in [-0.39, 0.29) is 29.0 Å². The van der Waals surface area contributed by atoms with Gasteiger partial charge in [0.15, 0.2) is 0 Å². The number of carbonyl (C=O) groups is 1. The molecule has 1 fully saturated rings. The lowest BCUT2D eigenvalue weighted by atomic mass is 9.63.